The van der Waals surface area contributed by atoms with Gasteiger partial charge in [0.2, 0.25) is 5.91 Å². The number of benzene rings is 1. The van der Waals surface area contributed by atoms with E-state index >= 15 is 0 Å². The van der Waals surface area contributed by atoms with Gasteiger partial charge in [-0.1, -0.05) is 0 Å². The smallest absolute Gasteiger partial charge is 0.366 e. The largest absolute Gasteiger partial charge is 0.419 e. The summed E-state index contributed by atoms with van der Waals surface area (Å²) < 4.78 is 49.6. The minimum atomic E-state index is -4.84. The molecule has 82 valence electrons. The van der Waals surface area contributed by atoms with E-state index in [2.05, 4.69) is 0 Å². The number of carbonyl (C=O) groups excluding carboxylic acids is 1. The Morgan fingerprint density at radius 1 is 1.33 bits per heavy atom. The molecule has 15 heavy (non-hydrogen) atoms. The third kappa shape index (κ3) is 2.58. The molecule has 0 fully saturated rings. The highest BCUT2D eigenvalue weighted by Gasteiger charge is 2.35. The van der Waals surface area contributed by atoms with Gasteiger partial charge < -0.3 is 5.73 Å². The van der Waals surface area contributed by atoms with E-state index in [4.69, 9.17) is 5.73 Å². The van der Waals surface area contributed by atoms with E-state index in [-0.39, 0.29) is 9.13 Å². The van der Waals surface area contributed by atoms with Gasteiger partial charge in [-0.3, -0.25) is 4.79 Å². The van der Waals surface area contributed by atoms with Crippen LogP contribution in [0.2, 0.25) is 0 Å². The maximum Gasteiger partial charge on any atom is 0.419 e. The molecule has 1 aromatic rings. The van der Waals surface area contributed by atoms with Crippen LogP contribution < -0.4 is 5.73 Å². The molecule has 0 aromatic heterocycles. The second-order valence-electron chi connectivity index (χ2n) is 2.68. The van der Waals surface area contributed by atoms with Crippen LogP contribution in [0.4, 0.5) is 17.6 Å². The predicted molar refractivity (Wildman–Crippen MR) is 52.6 cm³/mol. The van der Waals surface area contributed by atoms with Crippen molar-refractivity contribution < 1.29 is 22.4 Å². The maximum atomic E-state index is 13.1. The van der Waals surface area contributed by atoms with E-state index in [1.54, 1.807) is 0 Å². The van der Waals surface area contributed by atoms with Crippen molar-refractivity contribution in [3.63, 3.8) is 0 Å². The average Bonchev–Trinajstić information content (AvgIpc) is 2.06. The topological polar surface area (TPSA) is 43.1 Å². The molecule has 0 saturated carbocycles. The van der Waals surface area contributed by atoms with Crippen LogP contribution in [0.15, 0.2) is 12.1 Å². The summed E-state index contributed by atoms with van der Waals surface area (Å²) in [6, 6.07) is 1.37. The highest BCUT2D eigenvalue weighted by atomic mass is 127. The zero-order valence-electron chi connectivity index (χ0n) is 7.03. The molecule has 1 rings (SSSR count). The van der Waals surface area contributed by atoms with Crippen molar-refractivity contribution in [1.29, 1.82) is 0 Å². The quantitative estimate of drug-likeness (QED) is 0.623. The Labute approximate surface area is 95.6 Å². The molecule has 7 heteroatoms. The van der Waals surface area contributed by atoms with Crippen LogP contribution in [0.25, 0.3) is 0 Å². The number of alkyl halides is 3. The van der Waals surface area contributed by atoms with E-state index in [1.165, 1.54) is 22.6 Å². The molecule has 0 radical (unpaired) electrons. The second-order valence-corrected chi connectivity index (χ2v) is 3.84. The fourth-order valence-corrected chi connectivity index (χ4v) is 1.56. The van der Waals surface area contributed by atoms with Crippen molar-refractivity contribution in [3.05, 3.63) is 32.6 Å². The monoisotopic (exact) mass is 333 g/mol. The van der Waals surface area contributed by atoms with Crippen LogP contribution in [0.5, 0.6) is 0 Å². The van der Waals surface area contributed by atoms with Crippen molar-refractivity contribution in [2.45, 2.75) is 6.18 Å². The summed E-state index contributed by atoms with van der Waals surface area (Å²) in [5.74, 6) is -2.42. The Bertz CT molecular complexity index is 416. The summed E-state index contributed by atoms with van der Waals surface area (Å²) >= 11 is 1.37. The van der Waals surface area contributed by atoms with E-state index in [1.807, 2.05) is 0 Å². The standard InChI is InChI=1S/C8H4F4INO/c9-6-4(8(10,11)12)1-3(7(14)15)2-5(6)13/h1-2H,(H2,14,15). The molecule has 0 atom stereocenters. The number of carbonyl (C=O) groups is 1. The second kappa shape index (κ2) is 3.95. The van der Waals surface area contributed by atoms with Crippen molar-refractivity contribution in [1.82, 2.24) is 0 Å². The summed E-state index contributed by atoms with van der Waals surface area (Å²) in [5, 5.41) is 0. The van der Waals surface area contributed by atoms with Gasteiger partial charge in [-0.05, 0) is 34.7 Å². The summed E-state index contributed by atoms with van der Waals surface area (Å²) in [7, 11) is 0. The van der Waals surface area contributed by atoms with Crippen LogP contribution in [-0.2, 0) is 6.18 Å². The van der Waals surface area contributed by atoms with Crippen LogP contribution in [0, 0.1) is 9.39 Å². The van der Waals surface area contributed by atoms with E-state index in [0.717, 1.165) is 6.07 Å². The van der Waals surface area contributed by atoms with Crippen LogP contribution in [-0.4, -0.2) is 5.91 Å². The first-order valence-corrected chi connectivity index (χ1v) is 4.67. The molecular weight excluding hydrogens is 329 g/mol. The third-order valence-corrected chi connectivity index (χ3v) is 2.40. The molecule has 1 amide bonds. The highest BCUT2D eigenvalue weighted by molar-refractivity contribution is 14.1. The Morgan fingerprint density at radius 2 is 1.87 bits per heavy atom. The molecular formula is C8H4F4INO. The molecule has 2 nitrogen and oxygen atoms in total. The minimum absolute atomic E-state index is 0.295. The van der Waals surface area contributed by atoms with Crippen molar-refractivity contribution >= 4 is 28.5 Å². The fraction of sp³-hybridized carbons (Fsp3) is 0.125. The van der Waals surface area contributed by atoms with Crippen LogP contribution >= 0.6 is 22.6 Å². The number of hydrogen-bond donors (Lipinski definition) is 1. The highest BCUT2D eigenvalue weighted by Crippen LogP contribution is 2.33. The van der Waals surface area contributed by atoms with Gasteiger partial charge in [0, 0.05) is 5.56 Å². The molecule has 0 aliphatic rings. The molecule has 0 spiro atoms. The lowest BCUT2D eigenvalue weighted by Gasteiger charge is -2.10. The zero-order chi connectivity index (χ0) is 11.8. The van der Waals surface area contributed by atoms with E-state index in [9.17, 15) is 22.4 Å². The molecule has 0 heterocycles. The van der Waals surface area contributed by atoms with Gasteiger partial charge in [-0.2, -0.15) is 13.2 Å². The van der Waals surface area contributed by atoms with Crippen LogP contribution in [0.3, 0.4) is 0 Å². The summed E-state index contributed by atoms with van der Waals surface area (Å²) in [6.07, 6.45) is -4.84. The lowest BCUT2D eigenvalue weighted by molar-refractivity contribution is -0.140. The molecule has 0 aliphatic heterocycles. The van der Waals surface area contributed by atoms with Gasteiger partial charge in [0.1, 0.15) is 5.82 Å². The number of hydrogen-bond acceptors (Lipinski definition) is 1. The number of nitrogens with two attached hydrogens (primary N) is 1. The summed E-state index contributed by atoms with van der Waals surface area (Å²) in [6.45, 7) is 0. The number of rotatable bonds is 1. The maximum absolute atomic E-state index is 13.1. The molecule has 1 aromatic carbocycles. The van der Waals surface area contributed by atoms with Crippen molar-refractivity contribution in [3.8, 4) is 0 Å². The third-order valence-electron chi connectivity index (χ3n) is 1.62. The lowest BCUT2D eigenvalue weighted by Crippen LogP contribution is -2.16. The Kier molecular flexibility index (Phi) is 3.22. The summed E-state index contributed by atoms with van der Waals surface area (Å²) in [4.78, 5) is 10.7. The fourth-order valence-electron chi connectivity index (χ4n) is 0.938. The van der Waals surface area contributed by atoms with Gasteiger partial charge in [-0.15, -0.1) is 0 Å². The van der Waals surface area contributed by atoms with Gasteiger partial charge in [0.25, 0.3) is 0 Å². The first-order valence-electron chi connectivity index (χ1n) is 3.59. The van der Waals surface area contributed by atoms with Gasteiger partial charge in [0.15, 0.2) is 0 Å². The molecule has 0 saturated heterocycles. The zero-order valence-corrected chi connectivity index (χ0v) is 9.19. The first-order chi connectivity index (χ1) is 6.73. The van der Waals surface area contributed by atoms with Gasteiger partial charge in [-0.25, -0.2) is 4.39 Å². The lowest BCUT2D eigenvalue weighted by atomic mass is 10.1. The van der Waals surface area contributed by atoms with Gasteiger partial charge in [0.05, 0.1) is 9.13 Å². The van der Waals surface area contributed by atoms with E-state index in [0.29, 0.717) is 6.07 Å². The first kappa shape index (κ1) is 12.2. The average molecular weight is 333 g/mol. The molecule has 2 N–H and O–H groups in total. The van der Waals surface area contributed by atoms with Gasteiger partial charge >= 0.3 is 6.18 Å². The molecule has 0 aliphatic carbocycles. The number of primary amides is 1. The van der Waals surface area contributed by atoms with Crippen molar-refractivity contribution in [2.24, 2.45) is 5.73 Å². The minimum Gasteiger partial charge on any atom is -0.366 e. The Morgan fingerprint density at radius 3 is 2.27 bits per heavy atom. The predicted octanol–water partition coefficient (Wildman–Crippen LogP) is 2.55. The van der Waals surface area contributed by atoms with E-state index < -0.39 is 23.5 Å². The molecule has 0 bridgehead atoms. The number of amides is 1. The normalized spacial score (nSPS) is 11.5. The number of halogens is 5. The summed E-state index contributed by atoms with van der Waals surface area (Å²) in [5.41, 5.74) is 2.96. The Hall–Kier alpha value is -0.860. The molecule has 0 unspecified atom stereocenters. The van der Waals surface area contributed by atoms with Crippen molar-refractivity contribution in [2.75, 3.05) is 0 Å². The SMILES string of the molecule is NC(=O)c1cc(I)c(F)c(C(F)(F)F)c1. The van der Waals surface area contributed by atoms with Crippen LogP contribution in [0.1, 0.15) is 15.9 Å². The Balaban J connectivity index is 3.45.